The van der Waals surface area contributed by atoms with Crippen molar-refractivity contribution in [1.82, 2.24) is 5.32 Å². The fourth-order valence-corrected chi connectivity index (χ4v) is 2.04. The van der Waals surface area contributed by atoms with Crippen LogP contribution in [0.5, 0.6) is 0 Å². The Kier molecular flexibility index (Phi) is 5.21. The SMILES string of the molecule is C[C@H](NC(=O)/C=C/c1ccc(C(F)(F)F)cc1)c1ccccc1. The minimum absolute atomic E-state index is 0.152. The largest absolute Gasteiger partial charge is 0.416 e. The minimum Gasteiger partial charge on any atom is -0.346 e. The molecule has 0 saturated heterocycles. The lowest BCUT2D eigenvalue weighted by Crippen LogP contribution is -2.24. The van der Waals surface area contributed by atoms with E-state index in [1.807, 2.05) is 37.3 Å². The van der Waals surface area contributed by atoms with E-state index in [1.165, 1.54) is 24.3 Å². The quantitative estimate of drug-likeness (QED) is 0.820. The van der Waals surface area contributed by atoms with Gasteiger partial charge in [-0.1, -0.05) is 42.5 Å². The summed E-state index contributed by atoms with van der Waals surface area (Å²) in [5.41, 5.74) is 0.793. The molecule has 23 heavy (non-hydrogen) atoms. The average Bonchev–Trinajstić information content (AvgIpc) is 2.53. The first-order chi connectivity index (χ1) is 10.9. The Labute approximate surface area is 132 Å². The summed E-state index contributed by atoms with van der Waals surface area (Å²) in [5, 5.41) is 2.80. The van der Waals surface area contributed by atoms with E-state index in [9.17, 15) is 18.0 Å². The zero-order valence-electron chi connectivity index (χ0n) is 12.5. The number of rotatable bonds is 4. The number of carbonyl (C=O) groups is 1. The van der Waals surface area contributed by atoms with E-state index >= 15 is 0 Å². The summed E-state index contributed by atoms with van der Waals surface area (Å²) < 4.78 is 37.4. The molecule has 2 nitrogen and oxygen atoms in total. The van der Waals surface area contributed by atoms with Crippen LogP contribution in [0.4, 0.5) is 13.2 Å². The standard InChI is InChI=1S/C18H16F3NO/c1-13(15-5-3-2-4-6-15)22-17(23)12-9-14-7-10-16(11-8-14)18(19,20)21/h2-13H,1H3,(H,22,23)/b12-9+/t13-/m0/s1. The summed E-state index contributed by atoms with van der Waals surface area (Å²) in [6.45, 7) is 1.86. The van der Waals surface area contributed by atoms with Crippen LogP contribution in [0.2, 0.25) is 0 Å². The second kappa shape index (κ2) is 7.13. The molecule has 2 aromatic carbocycles. The first-order valence-electron chi connectivity index (χ1n) is 7.07. The Bertz CT molecular complexity index is 676. The van der Waals surface area contributed by atoms with E-state index in [-0.39, 0.29) is 11.9 Å². The van der Waals surface area contributed by atoms with Gasteiger partial charge in [-0.25, -0.2) is 0 Å². The highest BCUT2D eigenvalue weighted by Gasteiger charge is 2.29. The third-order valence-corrected chi connectivity index (χ3v) is 3.32. The number of hydrogen-bond donors (Lipinski definition) is 1. The third-order valence-electron chi connectivity index (χ3n) is 3.32. The number of benzene rings is 2. The average molecular weight is 319 g/mol. The van der Waals surface area contributed by atoms with Crippen LogP contribution in [0.15, 0.2) is 60.7 Å². The van der Waals surface area contributed by atoms with Crippen LogP contribution in [-0.2, 0) is 11.0 Å². The number of halogens is 3. The van der Waals surface area contributed by atoms with Gasteiger partial charge in [0.15, 0.2) is 0 Å². The summed E-state index contributed by atoms with van der Waals surface area (Å²) in [4.78, 5) is 11.8. The molecule has 5 heteroatoms. The number of nitrogens with one attached hydrogen (secondary N) is 1. The number of hydrogen-bond acceptors (Lipinski definition) is 1. The Morgan fingerprint density at radius 2 is 1.65 bits per heavy atom. The fraction of sp³-hybridized carbons (Fsp3) is 0.167. The van der Waals surface area contributed by atoms with Gasteiger partial charge < -0.3 is 5.32 Å². The first kappa shape index (κ1) is 16.8. The zero-order valence-corrected chi connectivity index (χ0v) is 12.5. The van der Waals surface area contributed by atoms with Crippen molar-refractivity contribution in [3.8, 4) is 0 Å². The van der Waals surface area contributed by atoms with Crippen molar-refractivity contribution in [1.29, 1.82) is 0 Å². The van der Waals surface area contributed by atoms with Gasteiger partial charge in [-0.3, -0.25) is 4.79 Å². The van der Waals surface area contributed by atoms with Gasteiger partial charge in [0.05, 0.1) is 11.6 Å². The van der Waals surface area contributed by atoms with Crippen LogP contribution in [0.3, 0.4) is 0 Å². The lowest BCUT2D eigenvalue weighted by molar-refractivity contribution is -0.137. The molecule has 0 spiro atoms. The molecular weight excluding hydrogens is 303 g/mol. The lowest BCUT2D eigenvalue weighted by atomic mass is 10.1. The van der Waals surface area contributed by atoms with Crippen LogP contribution in [0.1, 0.15) is 29.7 Å². The lowest BCUT2D eigenvalue weighted by Gasteiger charge is -2.12. The normalized spacial score (nSPS) is 13.0. The molecule has 0 bridgehead atoms. The molecule has 0 aromatic heterocycles. The molecule has 2 aromatic rings. The predicted molar refractivity (Wildman–Crippen MR) is 83.5 cm³/mol. The topological polar surface area (TPSA) is 29.1 Å². The molecule has 0 saturated carbocycles. The number of alkyl halides is 3. The van der Waals surface area contributed by atoms with Crippen LogP contribution in [0.25, 0.3) is 6.08 Å². The van der Waals surface area contributed by atoms with Crippen LogP contribution < -0.4 is 5.32 Å². The van der Waals surface area contributed by atoms with Crippen molar-refractivity contribution in [2.24, 2.45) is 0 Å². The van der Waals surface area contributed by atoms with E-state index in [0.29, 0.717) is 5.56 Å². The van der Waals surface area contributed by atoms with Gasteiger partial charge in [-0.15, -0.1) is 0 Å². The van der Waals surface area contributed by atoms with Crippen molar-refractivity contribution >= 4 is 12.0 Å². The maximum absolute atomic E-state index is 12.5. The molecule has 2 rings (SSSR count). The molecular formula is C18H16F3NO. The van der Waals surface area contributed by atoms with Gasteiger partial charge in [0.1, 0.15) is 0 Å². The molecule has 0 heterocycles. The van der Waals surface area contributed by atoms with E-state index in [0.717, 1.165) is 17.7 Å². The highest BCUT2D eigenvalue weighted by atomic mass is 19.4. The summed E-state index contributed by atoms with van der Waals surface area (Å²) >= 11 is 0. The molecule has 0 radical (unpaired) electrons. The van der Waals surface area contributed by atoms with Crippen molar-refractivity contribution in [2.75, 3.05) is 0 Å². The molecule has 0 aliphatic carbocycles. The molecule has 0 aliphatic heterocycles. The zero-order chi connectivity index (χ0) is 16.9. The maximum Gasteiger partial charge on any atom is 0.416 e. The highest BCUT2D eigenvalue weighted by molar-refractivity contribution is 5.91. The summed E-state index contributed by atoms with van der Waals surface area (Å²) in [5.74, 6) is -0.304. The van der Waals surface area contributed by atoms with Crippen molar-refractivity contribution < 1.29 is 18.0 Å². The molecule has 1 atom stereocenters. The summed E-state index contributed by atoms with van der Waals surface area (Å²) in [6.07, 6.45) is -1.57. The monoisotopic (exact) mass is 319 g/mol. The van der Waals surface area contributed by atoms with Crippen molar-refractivity contribution in [3.63, 3.8) is 0 Å². The summed E-state index contributed by atoms with van der Waals surface area (Å²) in [6, 6.07) is 14.0. The van der Waals surface area contributed by atoms with Crippen LogP contribution in [0, 0.1) is 0 Å². The minimum atomic E-state index is -4.36. The van der Waals surface area contributed by atoms with Gasteiger partial charge in [0, 0.05) is 6.08 Å². The smallest absolute Gasteiger partial charge is 0.346 e. The van der Waals surface area contributed by atoms with E-state index in [2.05, 4.69) is 5.32 Å². The van der Waals surface area contributed by atoms with E-state index < -0.39 is 11.7 Å². The first-order valence-corrected chi connectivity index (χ1v) is 7.07. The number of amides is 1. The molecule has 0 fully saturated rings. The van der Waals surface area contributed by atoms with Crippen LogP contribution >= 0.6 is 0 Å². The fourth-order valence-electron chi connectivity index (χ4n) is 2.04. The molecule has 1 amide bonds. The molecule has 0 unspecified atom stereocenters. The summed E-state index contributed by atoms with van der Waals surface area (Å²) in [7, 11) is 0. The second-order valence-corrected chi connectivity index (χ2v) is 5.09. The Hall–Kier alpha value is -2.56. The van der Waals surface area contributed by atoms with Gasteiger partial charge >= 0.3 is 6.18 Å². The maximum atomic E-state index is 12.5. The highest BCUT2D eigenvalue weighted by Crippen LogP contribution is 2.29. The predicted octanol–water partition coefficient (Wildman–Crippen LogP) is 4.60. The molecule has 120 valence electrons. The second-order valence-electron chi connectivity index (χ2n) is 5.09. The Balaban J connectivity index is 1.96. The third kappa shape index (κ3) is 4.98. The van der Waals surface area contributed by atoms with Gasteiger partial charge in [0.2, 0.25) is 5.91 Å². The van der Waals surface area contributed by atoms with Gasteiger partial charge in [-0.2, -0.15) is 13.2 Å². The van der Waals surface area contributed by atoms with E-state index in [4.69, 9.17) is 0 Å². The number of carbonyl (C=O) groups excluding carboxylic acids is 1. The van der Waals surface area contributed by atoms with Gasteiger partial charge in [0.25, 0.3) is 0 Å². The molecule has 0 aliphatic rings. The Morgan fingerprint density at radius 1 is 1.04 bits per heavy atom. The van der Waals surface area contributed by atoms with Crippen LogP contribution in [-0.4, -0.2) is 5.91 Å². The van der Waals surface area contributed by atoms with E-state index in [1.54, 1.807) is 0 Å². The van der Waals surface area contributed by atoms with Gasteiger partial charge in [-0.05, 0) is 36.3 Å². The van der Waals surface area contributed by atoms with Crippen molar-refractivity contribution in [3.05, 3.63) is 77.4 Å². The van der Waals surface area contributed by atoms with Crippen molar-refractivity contribution in [2.45, 2.75) is 19.1 Å². The molecule has 1 N–H and O–H groups in total. The Morgan fingerprint density at radius 3 is 2.22 bits per heavy atom.